The Hall–Kier alpha value is -2.03. The summed E-state index contributed by atoms with van der Waals surface area (Å²) >= 11 is 0. The molecule has 2 aromatic rings. The van der Waals surface area contributed by atoms with Crippen LogP contribution in [0, 0.1) is 0 Å². The molecule has 0 atom stereocenters. The lowest BCUT2D eigenvalue weighted by Gasteiger charge is -1.98. The van der Waals surface area contributed by atoms with Gasteiger partial charge in [0.25, 0.3) is 0 Å². The van der Waals surface area contributed by atoms with Crippen molar-refractivity contribution in [2.24, 2.45) is 0 Å². The minimum atomic E-state index is 0.399. The van der Waals surface area contributed by atoms with Gasteiger partial charge in [0.05, 0.1) is 5.52 Å². The van der Waals surface area contributed by atoms with Gasteiger partial charge in [-0.15, -0.1) is 0 Å². The van der Waals surface area contributed by atoms with E-state index in [2.05, 4.69) is 4.98 Å². The molecule has 0 spiro atoms. The zero-order valence-electron chi connectivity index (χ0n) is 7.31. The summed E-state index contributed by atoms with van der Waals surface area (Å²) in [5.74, 6) is 0. The van der Waals surface area contributed by atoms with E-state index in [-0.39, 0.29) is 0 Å². The van der Waals surface area contributed by atoms with Crippen molar-refractivity contribution in [2.45, 2.75) is 0 Å². The fourth-order valence-electron chi connectivity index (χ4n) is 1.30. The maximum Gasteiger partial charge on any atom is 0.168 e. The summed E-state index contributed by atoms with van der Waals surface area (Å²) in [6.45, 7) is 0. The van der Waals surface area contributed by atoms with E-state index < -0.39 is 0 Å². The van der Waals surface area contributed by atoms with Crippen LogP contribution in [0.3, 0.4) is 0 Å². The summed E-state index contributed by atoms with van der Waals surface area (Å²) in [6.07, 6.45) is 1.49. The van der Waals surface area contributed by atoms with Crippen LogP contribution in [0.5, 0.6) is 0 Å². The Labute approximate surface area is 80.4 Å². The average Bonchev–Trinajstić information content (AvgIpc) is 2.27. The molecule has 1 heterocycles. The molecule has 3 nitrogen and oxygen atoms in total. The number of hydrogen-bond acceptors (Lipinski definition) is 3. The molecule has 1 aromatic carbocycles. The van der Waals surface area contributed by atoms with Gasteiger partial charge in [-0.3, -0.25) is 9.59 Å². The Morgan fingerprint density at radius 1 is 1.00 bits per heavy atom. The van der Waals surface area contributed by atoms with E-state index in [4.69, 9.17) is 0 Å². The summed E-state index contributed by atoms with van der Waals surface area (Å²) < 4.78 is 0. The smallest absolute Gasteiger partial charge is 0.168 e. The van der Waals surface area contributed by atoms with Crippen molar-refractivity contribution in [3.05, 3.63) is 41.6 Å². The highest BCUT2D eigenvalue weighted by atomic mass is 16.1. The molecule has 0 fully saturated rings. The third kappa shape index (κ3) is 1.40. The number of aldehydes is 2. The molecule has 0 unspecified atom stereocenters. The van der Waals surface area contributed by atoms with Gasteiger partial charge in [-0.25, -0.2) is 4.98 Å². The van der Waals surface area contributed by atoms with Gasteiger partial charge in [0, 0.05) is 10.9 Å². The Morgan fingerprint density at radius 2 is 1.86 bits per heavy atom. The molecule has 0 aliphatic carbocycles. The Bertz CT molecular complexity index is 458. The van der Waals surface area contributed by atoms with Crippen molar-refractivity contribution in [3.63, 3.8) is 0 Å². The average molecular weight is 185 g/mol. The topological polar surface area (TPSA) is 47.0 Å². The molecule has 3 heteroatoms. The van der Waals surface area contributed by atoms with Crippen LogP contribution in [-0.2, 0) is 0 Å². The van der Waals surface area contributed by atoms with E-state index >= 15 is 0 Å². The van der Waals surface area contributed by atoms with E-state index in [1.54, 1.807) is 30.3 Å². The minimum Gasteiger partial charge on any atom is -0.298 e. The fourth-order valence-corrected chi connectivity index (χ4v) is 1.30. The monoisotopic (exact) mass is 185 g/mol. The normalized spacial score (nSPS) is 10.0. The molecule has 0 aliphatic rings. The standard InChI is InChI=1S/C11H7NO2/c13-6-8-1-4-11-9(5-8)2-3-10(7-14)12-11/h1-7H. The molecule has 0 N–H and O–H groups in total. The third-order valence-corrected chi connectivity index (χ3v) is 1.99. The highest BCUT2D eigenvalue weighted by molar-refractivity contribution is 5.88. The number of nitrogens with zero attached hydrogens (tertiary/aromatic N) is 1. The number of carbonyl (C=O) groups excluding carboxylic acids is 2. The summed E-state index contributed by atoms with van der Waals surface area (Å²) in [5, 5.41) is 0.861. The molecule has 68 valence electrons. The molecule has 0 aliphatic heterocycles. The summed E-state index contributed by atoms with van der Waals surface area (Å²) in [6, 6.07) is 8.55. The predicted molar refractivity (Wildman–Crippen MR) is 52.5 cm³/mol. The van der Waals surface area contributed by atoms with Gasteiger partial charge in [0.1, 0.15) is 12.0 Å². The number of fused-ring (bicyclic) bond motifs is 1. The maximum atomic E-state index is 10.5. The van der Waals surface area contributed by atoms with Gasteiger partial charge in [-0.2, -0.15) is 0 Å². The lowest BCUT2D eigenvalue weighted by Crippen LogP contribution is -1.88. The van der Waals surface area contributed by atoms with Crippen LogP contribution in [0.25, 0.3) is 10.9 Å². The molecule has 14 heavy (non-hydrogen) atoms. The first-order valence-corrected chi connectivity index (χ1v) is 4.14. The van der Waals surface area contributed by atoms with Gasteiger partial charge in [-0.05, 0) is 24.3 Å². The summed E-state index contributed by atoms with van der Waals surface area (Å²) in [4.78, 5) is 25.0. The van der Waals surface area contributed by atoms with Gasteiger partial charge < -0.3 is 0 Å². The summed E-state index contributed by atoms with van der Waals surface area (Å²) in [5.41, 5.74) is 1.73. The van der Waals surface area contributed by atoms with Crippen LogP contribution in [0.2, 0.25) is 0 Å². The lowest BCUT2D eigenvalue weighted by atomic mass is 10.1. The first-order valence-electron chi connectivity index (χ1n) is 4.14. The number of carbonyl (C=O) groups is 2. The van der Waals surface area contributed by atoms with Crippen molar-refractivity contribution in [1.82, 2.24) is 4.98 Å². The van der Waals surface area contributed by atoms with Crippen LogP contribution >= 0.6 is 0 Å². The summed E-state index contributed by atoms with van der Waals surface area (Å²) in [7, 11) is 0. The molecule has 0 saturated heterocycles. The Kier molecular flexibility index (Phi) is 2.07. The zero-order chi connectivity index (χ0) is 9.97. The van der Waals surface area contributed by atoms with E-state index in [1.807, 2.05) is 0 Å². The van der Waals surface area contributed by atoms with Crippen LogP contribution in [0.1, 0.15) is 20.8 Å². The Morgan fingerprint density at radius 3 is 2.57 bits per heavy atom. The van der Waals surface area contributed by atoms with Crippen LogP contribution < -0.4 is 0 Å². The Balaban J connectivity index is 2.68. The molecular weight excluding hydrogens is 178 g/mol. The quantitative estimate of drug-likeness (QED) is 0.671. The number of benzene rings is 1. The highest BCUT2D eigenvalue weighted by Crippen LogP contribution is 2.13. The molecule has 1 aromatic heterocycles. The van der Waals surface area contributed by atoms with Crippen LogP contribution in [-0.4, -0.2) is 17.6 Å². The van der Waals surface area contributed by atoms with Gasteiger partial charge in [0.2, 0.25) is 0 Å². The number of aromatic nitrogens is 1. The van der Waals surface area contributed by atoms with Crippen molar-refractivity contribution >= 4 is 23.5 Å². The highest BCUT2D eigenvalue weighted by Gasteiger charge is 1.98. The van der Waals surface area contributed by atoms with Crippen molar-refractivity contribution < 1.29 is 9.59 Å². The fraction of sp³-hybridized carbons (Fsp3) is 0. The lowest BCUT2D eigenvalue weighted by molar-refractivity contribution is 0.111. The van der Waals surface area contributed by atoms with E-state index in [0.29, 0.717) is 17.5 Å². The van der Waals surface area contributed by atoms with Gasteiger partial charge in [-0.1, -0.05) is 6.07 Å². The third-order valence-electron chi connectivity index (χ3n) is 1.99. The maximum absolute atomic E-state index is 10.5. The van der Waals surface area contributed by atoms with Gasteiger partial charge in [0.15, 0.2) is 6.29 Å². The second kappa shape index (κ2) is 3.38. The molecule has 0 bridgehead atoms. The molecule has 0 amide bonds. The molecular formula is C11H7NO2. The number of rotatable bonds is 2. The molecule has 0 radical (unpaired) electrons. The van der Waals surface area contributed by atoms with E-state index in [9.17, 15) is 9.59 Å². The minimum absolute atomic E-state index is 0.399. The molecule has 2 rings (SSSR count). The van der Waals surface area contributed by atoms with Crippen LogP contribution in [0.4, 0.5) is 0 Å². The second-order valence-electron chi connectivity index (χ2n) is 2.92. The van der Waals surface area contributed by atoms with Crippen molar-refractivity contribution in [1.29, 1.82) is 0 Å². The van der Waals surface area contributed by atoms with Crippen LogP contribution in [0.15, 0.2) is 30.3 Å². The first-order chi connectivity index (χ1) is 6.83. The van der Waals surface area contributed by atoms with Crippen molar-refractivity contribution in [2.75, 3.05) is 0 Å². The SMILES string of the molecule is O=Cc1ccc2nc(C=O)ccc2c1. The zero-order valence-corrected chi connectivity index (χ0v) is 7.31. The van der Waals surface area contributed by atoms with Crippen molar-refractivity contribution in [3.8, 4) is 0 Å². The molecule has 0 saturated carbocycles. The first kappa shape index (κ1) is 8.56. The van der Waals surface area contributed by atoms with Gasteiger partial charge >= 0.3 is 0 Å². The predicted octanol–water partition coefficient (Wildman–Crippen LogP) is 1.86. The largest absolute Gasteiger partial charge is 0.298 e. The van der Waals surface area contributed by atoms with E-state index in [0.717, 1.165) is 17.2 Å². The number of hydrogen-bond donors (Lipinski definition) is 0. The number of pyridine rings is 1. The van der Waals surface area contributed by atoms with E-state index in [1.165, 1.54) is 0 Å². The second-order valence-corrected chi connectivity index (χ2v) is 2.92.